The van der Waals surface area contributed by atoms with Crippen LogP contribution in [0.25, 0.3) is 0 Å². The third-order valence-corrected chi connectivity index (χ3v) is 5.77. The summed E-state index contributed by atoms with van der Waals surface area (Å²) in [5, 5.41) is 0.743. The van der Waals surface area contributed by atoms with E-state index in [-0.39, 0.29) is 22.7 Å². The molecule has 1 atom stereocenters. The van der Waals surface area contributed by atoms with Crippen LogP contribution < -0.4 is 5.73 Å². The zero-order valence-corrected chi connectivity index (χ0v) is 12.4. The van der Waals surface area contributed by atoms with Gasteiger partial charge in [-0.3, -0.25) is 0 Å². The number of thiazole rings is 1. The lowest BCUT2D eigenvalue weighted by Gasteiger charge is -2.30. The molecule has 2 heterocycles. The maximum atomic E-state index is 12.3. The second kappa shape index (κ2) is 6.27. The molecule has 0 amide bonds. The highest BCUT2D eigenvalue weighted by atomic mass is 35.5. The van der Waals surface area contributed by atoms with Crippen LogP contribution in [0.15, 0.2) is 10.4 Å². The van der Waals surface area contributed by atoms with Crippen molar-refractivity contribution >= 4 is 33.8 Å². The van der Waals surface area contributed by atoms with E-state index in [2.05, 4.69) is 4.98 Å². The lowest BCUT2D eigenvalue weighted by atomic mass is 10.3. The van der Waals surface area contributed by atoms with Gasteiger partial charge in [0.15, 0.2) is 4.21 Å². The van der Waals surface area contributed by atoms with E-state index in [1.165, 1.54) is 21.8 Å². The first-order chi connectivity index (χ1) is 8.04. The number of aryl methyl sites for hydroxylation is 1. The van der Waals surface area contributed by atoms with Crippen molar-refractivity contribution in [1.82, 2.24) is 9.29 Å². The van der Waals surface area contributed by atoms with Crippen molar-refractivity contribution in [1.29, 1.82) is 0 Å². The van der Waals surface area contributed by atoms with Crippen molar-refractivity contribution in [2.45, 2.75) is 17.2 Å². The summed E-state index contributed by atoms with van der Waals surface area (Å²) in [6.07, 6.45) is 1.19. The molecule has 0 spiro atoms. The Morgan fingerprint density at radius 3 is 2.94 bits per heavy atom. The van der Waals surface area contributed by atoms with Gasteiger partial charge in [0.25, 0.3) is 10.0 Å². The molecule has 1 aromatic rings. The van der Waals surface area contributed by atoms with Gasteiger partial charge in [0.2, 0.25) is 0 Å². The molecule has 104 valence electrons. The fourth-order valence-electron chi connectivity index (χ4n) is 1.64. The average molecular weight is 314 g/mol. The number of hydrogen-bond acceptors (Lipinski definition) is 6. The molecule has 0 bridgehead atoms. The van der Waals surface area contributed by atoms with Crippen LogP contribution in [0.2, 0.25) is 0 Å². The Bertz CT molecular complexity index is 491. The Balaban J connectivity index is 0.00000162. The van der Waals surface area contributed by atoms with Crippen molar-refractivity contribution in [3.8, 4) is 0 Å². The maximum absolute atomic E-state index is 12.3. The second-order valence-electron chi connectivity index (χ2n) is 3.79. The average Bonchev–Trinajstić information content (AvgIpc) is 2.76. The second-order valence-corrected chi connectivity index (χ2v) is 7.19. The van der Waals surface area contributed by atoms with Gasteiger partial charge in [-0.05, 0) is 6.92 Å². The summed E-state index contributed by atoms with van der Waals surface area (Å²) in [5.74, 6) is 0. The topological polar surface area (TPSA) is 85.5 Å². The number of hydrogen-bond donors (Lipinski definition) is 1. The third kappa shape index (κ3) is 3.19. The number of sulfonamides is 1. The molecular formula is C9H16ClN3O3S2. The highest BCUT2D eigenvalue weighted by Gasteiger charge is 2.31. The predicted molar refractivity (Wildman–Crippen MR) is 71.7 cm³/mol. The zero-order chi connectivity index (χ0) is 12.5. The van der Waals surface area contributed by atoms with Gasteiger partial charge < -0.3 is 10.5 Å². The van der Waals surface area contributed by atoms with Crippen molar-refractivity contribution in [2.24, 2.45) is 5.73 Å². The van der Waals surface area contributed by atoms with E-state index in [1.54, 1.807) is 6.92 Å². The number of aromatic nitrogens is 1. The summed E-state index contributed by atoms with van der Waals surface area (Å²) in [6.45, 7) is 3.18. The molecule has 18 heavy (non-hydrogen) atoms. The standard InChI is InChI=1S/C9H15N3O3S2.ClH/c1-7-11-5-9(16-7)17(13,14)12-2-3-15-8(4-10)6-12;/h5,8H,2-4,6,10H2,1H3;1H. The minimum atomic E-state index is -3.43. The van der Waals surface area contributed by atoms with Crippen LogP contribution in [0.4, 0.5) is 0 Å². The van der Waals surface area contributed by atoms with E-state index in [0.717, 1.165) is 5.01 Å². The molecule has 1 aliphatic heterocycles. The van der Waals surface area contributed by atoms with Gasteiger partial charge in [-0.15, -0.1) is 23.7 Å². The summed E-state index contributed by atoms with van der Waals surface area (Å²) >= 11 is 1.18. The van der Waals surface area contributed by atoms with Gasteiger partial charge in [0.1, 0.15) is 0 Å². The van der Waals surface area contributed by atoms with E-state index in [0.29, 0.717) is 26.2 Å². The molecule has 2 rings (SSSR count). The number of morpholine rings is 1. The van der Waals surface area contributed by atoms with Gasteiger partial charge >= 0.3 is 0 Å². The van der Waals surface area contributed by atoms with Crippen molar-refractivity contribution < 1.29 is 13.2 Å². The minimum absolute atomic E-state index is 0. The van der Waals surface area contributed by atoms with Crippen LogP contribution in [-0.4, -0.2) is 50.1 Å². The first-order valence-corrected chi connectivity index (χ1v) is 7.54. The summed E-state index contributed by atoms with van der Waals surface area (Å²) in [5.41, 5.74) is 5.50. The zero-order valence-electron chi connectivity index (χ0n) is 9.90. The number of rotatable bonds is 3. The number of halogens is 1. The number of nitrogens with zero attached hydrogens (tertiary/aromatic N) is 2. The smallest absolute Gasteiger partial charge is 0.254 e. The Morgan fingerprint density at radius 2 is 2.39 bits per heavy atom. The molecule has 1 saturated heterocycles. The predicted octanol–water partition coefficient (Wildman–Crippen LogP) is 0.222. The van der Waals surface area contributed by atoms with Crippen LogP contribution >= 0.6 is 23.7 Å². The molecular weight excluding hydrogens is 298 g/mol. The molecule has 9 heteroatoms. The summed E-state index contributed by atoms with van der Waals surface area (Å²) < 4.78 is 31.6. The Labute approximate surface area is 117 Å². The third-order valence-electron chi connectivity index (χ3n) is 2.56. The summed E-state index contributed by atoms with van der Waals surface area (Å²) in [7, 11) is -3.43. The maximum Gasteiger partial charge on any atom is 0.254 e. The highest BCUT2D eigenvalue weighted by molar-refractivity contribution is 7.91. The van der Waals surface area contributed by atoms with E-state index >= 15 is 0 Å². The molecule has 1 aliphatic rings. The Hall–Kier alpha value is -0.250. The first kappa shape index (κ1) is 15.8. The van der Waals surface area contributed by atoms with Crippen molar-refractivity contribution in [2.75, 3.05) is 26.2 Å². The molecule has 1 unspecified atom stereocenters. The van der Waals surface area contributed by atoms with Gasteiger partial charge in [0, 0.05) is 19.6 Å². The Morgan fingerprint density at radius 1 is 1.67 bits per heavy atom. The molecule has 0 aromatic carbocycles. The van der Waals surface area contributed by atoms with Gasteiger partial charge in [-0.1, -0.05) is 0 Å². The Kier molecular flexibility index (Phi) is 5.50. The molecule has 2 N–H and O–H groups in total. The first-order valence-electron chi connectivity index (χ1n) is 5.28. The molecule has 6 nitrogen and oxygen atoms in total. The molecule has 0 saturated carbocycles. The van der Waals surface area contributed by atoms with Gasteiger partial charge in [-0.25, -0.2) is 13.4 Å². The van der Waals surface area contributed by atoms with E-state index in [9.17, 15) is 8.42 Å². The van der Waals surface area contributed by atoms with Crippen molar-refractivity contribution in [3.05, 3.63) is 11.2 Å². The SMILES string of the molecule is Cc1ncc(S(=O)(=O)N2CCOC(CN)C2)s1.Cl. The fourth-order valence-corrected chi connectivity index (χ4v) is 4.36. The fraction of sp³-hybridized carbons (Fsp3) is 0.667. The number of nitrogens with two attached hydrogens (primary N) is 1. The van der Waals surface area contributed by atoms with E-state index in [1.807, 2.05) is 0 Å². The van der Waals surface area contributed by atoms with Crippen LogP contribution in [0, 0.1) is 6.92 Å². The van der Waals surface area contributed by atoms with Crippen LogP contribution in [0.3, 0.4) is 0 Å². The van der Waals surface area contributed by atoms with Crippen LogP contribution in [0.1, 0.15) is 5.01 Å². The van der Waals surface area contributed by atoms with E-state index in [4.69, 9.17) is 10.5 Å². The van der Waals surface area contributed by atoms with Crippen molar-refractivity contribution in [3.63, 3.8) is 0 Å². The van der Waals surface area contributed by atoms with Crippen LogP contribution in [0.5, 0.6) is 0 Å². The quantitative estimate of drug-likeness (QED) is 0.863. The van der Waals surface area contributed by atoms with E-state index < -0.39 is 10.0 Å². The van der Waals surface area contributed by atoms with Gasteiger partial charge in [-0.2, -0.15) is 4.31 Å². The molecule has 1 aromatic heterocycles. The normalized spacial score (nSPS) is 21.6. The molecule has 0 radical (unpaired) electrons. The summed E-state index contributed by atoms with van der Waals surface area (Å²) in [6, 6.07) is 0. The minimum Gasteiger partial charge on any atom is -0.374 e. The lowest BCUT2D eigenvalue weighted by molar-refractivity contribution is 0.00456. The highest BCUT2D eigenvalue weighted by Crippen LogP contribution is 2.23. The monoisotopic (exact) mass is 313 g/mol. The largest absolute Gasteiger partial charge is 0.374 e. The van der Waals surface area contributed by atoms with Crippen LogP contribution in [-0.2, 0) is 14.8 Å². The van der Waals surface area contributed by atoms with Gasteiger partial charge in [0.05, 0.1) is 23.9 Å². The molecule has 0 aliphatic carbocycles. The lowest BCUT2D eigenvalue weighted by Crippen LogP contribution is -2.47. The summed E-state index contributed by atoms with van der Waals surface area (Å²) in [4.78, 5) is 3.97. The number of ether oxygens (including phenoxy) is 1. The molecule has 1 fully saturated rings.